The van der Waals surface area contributed by atoms with Gasteiger partial charge in [-0.2, -0.15) is 0 Å². The Bertz CT molecular complexity index is 1120. The number of imidazole rings is 1. The number of aromatic amines is 1. The molecule has 2 unspecified atom stereocenters. The van der Waals surface area contributed by atoms with E-state index in [0.29, 0.717) is 30.4 Å². The smallest absolute Gasteiger partial charge is 0.182 e. The number of aryl methyl sites for hydroxylation is 1. The van der Waals surface area contributed by atoms with E-state index < -0.39 is 0 Å². The van der Waals surface area contributed by atoms with Gasteiger partial charge in [0.1, 0.15) is 24.2 Å². The molecule has 2 aromatic heterocycles. The van der Waals surface area contributed by atoms with Gasteiger partial charge < -0.3 is 19.4 Å². The first-order chi connectivity index (χ1) is 16.3. The minimum absolute atomic E-state index is 0.294. The molecule has 0 bridgehead atoms. The van der Waals surface area contributed by atoms with Crippen molar-refractivity contribution in [3.63, 3.8) is 0 Å². The molecule has 1 aromatic carbocycles. The first-order valence-electron chi connectivity index (χ1n) is 12.2. The Balaban J connectivity index is 1.17. The van der Waals surface area contributed by atoms with Crippen molar-refractivity contribution >= 4 is 17.0 Å². The maximum atomic E-state index is 6.53. The van der Waals surface area contributed by atoms with Crippen molar-refractivity contribution in [1.29, 1.82) is 0 Å². The number of likely N-dealkylation sites (tertiary alicyclic amines) is 1. The fourth-order valence-electron chi connectivity index (χ4n) is 5.91. The number of benzene rings is 1. The normalized spacial score (nSPS) is 25.6. The molecule has 1 N–H and O–H groups in total. The third-order valence-corrected chi connectivity index (χ3v) is 7.73. The summed E-state index contributed by atoms with van der Waals surface area (Å²) in [5.41, 5.74) is 4.47. The van der Waals surface area contributed by atoms with E-state index in [1.165, 1.54) is 17.5 Å². The summed E-state index contributed by atoms with van der Waals surface area (Å²) in [4.78, 5) is 21.3. The van der Waals surface area contributed by atoms with Crippen LogP contribution in [0, 0.1) is 0 Å². The van der Waals surface area contributed by atoms with E-state index in [-0.39, 0.29) is 0 Å². The number of nitrogens with zero attached hydrogens (tertiary/aromatic N) is 5. The molecule has 2 fully saturated rings. The van der Waals surface area contributed by atoms with Crippen LogP contribution in [-0.2, 0) is 17.6 Å². The molecule has 6 rings (SSSR count). The average molecular weight is 449 g/mol. The SMILES string of the molecule is COC1CCN(C2CCc3cccc(OC[C@H]4CCCN4c4ncnc5nc[nH]c45)c3C2)C1. The molecule has 0 saturated carbocycles. The van der Waals surface area contributed by atoms with Crippen molar-refractivity contribution < 1.29 is 9.47 Å². The lowest BCUT2D eigenvalue weighted by atomic mass is 9.87. The Kier molecular flexibility index (Phi) is 5.63. The molecular formula is C25H32N6O2. The summed E-state index contributed by atoms with van der Waals surface area (Å²) in [5, 5.41) is 0. The zero-order valence-corrected chi connectivity index (χ0v) is 19.2. The Hall–Kier alpha value is -2.71. The number of ether oxygens (including phenoxy) is 2. The second-order valence-corrected chi connectivity index (χ2v) is 9.53. The van der Waals surface area contributed by atoms with Crippen molar-refractivity contribution in [2.75, 3.05) is 38.3 Å². The zero-order valence-electron chi connectivity index (χ0n) is 19.2. The van der Waals surface area contributed by atoms with Crippen LogP contribution < -0.4 is 9.64 Å². The van der Waals surface area contributed by atoms with Gasteiger partial charge in [0.15, 0.2) is 11.5 Å². The Morgan fingerprint density at radius 3 is 3.00 bits per heavy atom. The molecule has 1 aliphatic carbocycles. The van der Waals surface area contributed by atoms with Crippen molar-refractivity contribution in [1.82, 2.24) is 24.8 Å². The van der Waals surface area contributed by atoms with Crippen LogP contribution in [0.5, 0.6) is 5.75 Å². The predicted molar refractivity (Wildman–Crippen MR) is 127 cm³/mol. The molecule has 33 heavy (non-hydrogen) atoms. The van der Waals surface area contributed by atoms with Crippen molar-refractivity contribution in [3.05, 3.63) is 42.0 Å². The number of hydrogen-bond acceptors (Lipinski definition) is 7. The average Bonchev–Trinajstić information content (AvgIpc) is 3.62. The molecule has 2 aliphatic heterocycles. The summed E-state index contributed by atoms with van der Waals surface area (Å²) in [6.45, 7) is 3.83. The van der Waals surface area contributed by atoms with Gasteiger partial charge in [0, 0.05) is 32.8 Å². The van der Waals surface area contributed by atoms with Crippen LogP contribution in [0.2, 0.25) is 0 Å². The lowest BCUT2D eigenvalue weighted by Crippen LogP contribution is -2.39. The van der Waals surface area contributed by atoms with E-state index in [0.717, 1.165) is 68.8 Å². The summed E-state index contributed by atoms with van der Waals surface area (Å²) >= 11 is 0. The number of methoxy groups -OCH3 is 1. The fraction of sp³-hybridized carbons (Fsp3) is 0.560. The number of anilines is 1. The highest BCUT2D eigenvalue weighted by Gasteiger charge is 2.32. The fourth-order valence-corrected chi connectivity index (χ4v) is 5.91. The second-order valence-electron chi connectivity index (χ2n) is 9.53. The maximum Gasteiger partial charge on any atom is 0.182 e. The van der Waals surface area contributed by atoms with Gasteiger partial charge >= 0.3 is 0 Å². The second kappa shape index (κ2) is 8.91. The van der Waals surface area contributed by atoms with Gasteiger partial charge in [0.25, 0.3) is 0 Å². The minimum atomic E-state index is 0.294. The van der Waals surface area contributed by atoms with Gasteiger partial charge in [-0.3, -0.25) is 4.90 Å². The van der Waals surface area contributed by atoms with Crippen LogP contribution in [0.1, 0.15) is 36.8 Å². The van der Waals surface area contributed by atoms with Crippen molar-refractivity contribution in [3.8, 4) is 5.75 Å². The Labute approximate surface area is 194 Å². The molecule has 174 valence electrons. The van der Waals surface area contributed by atoms with Crippen LogP contribution in [-0.4, -0.2) is 76.4 Å². The quantitative estimate of drug-likeness (QED) is 0.621. The lowest BCUT2D eigenvalue weighted by Gasteiger charge is -2.33. The van der Waals surface area contributed by atoms with Crippen LogP contribution in [0.3, 0.4) is 0 Å². The highest BCUT2D eigenvalue weighted by molar-refractivity contribution is 5.83. The molecule has 0 spiro atoms. The Morgan fingerprint density at radius 2 is 2.09 bits per heavy atom. The first kappa shape index (κ1) is 20.9. The van der Waals surface area contributed by atoms with Gasteiger partial charge in [-0.05, 0) is 55.7 Å². The van der Waals surface area contributed by atoms with Gasteiger partial charge in [-0.25, -0.2) is 15.0 Å². The molecule has 3 atom stereocenters. The standard InChI is InChI=1S/C25H32N6O2/c1-32-20-9-11-30(13-20)18-8-7-17-4-2-6-22(21(17)12-18)33-14-19-5-3-10-31(19)25-23-24(27-15-26-23)28-16-29-25/h2,4,6,15-16,18-20H,3,5,7-14H2,1H3,(H,26,27,28,29)/t18?,19-,20?/m1/s1. The van der Waals surface area contributed by atoms with Gasteiger partial charge in [-0.1, -0.05) is 12.1 Å². The van der Waals surface area contributed by atoms with E-state index in [4.69, 9.17) is 9.47 Å². The predicted octanol–water partition coefficient (Wildman–Crippen LogP) is 2.98. The molecule has 2 saturated heterocycles. The van der Waals surface area contributed by atoms with Gasteiger partial charge in [0.05, 0.1) is 18.5 Å². The summed E-state index contributed by atoms with van der Waals surface area (Å²) in [6, 6.07) is 7.46. The van der Waals surface area contributed by atoms with E-state index >= 15 is 0 Å². The van der Waals surface area contributed by atoms with E-state index in [2.05, 4.69) is 47.9 Å². The molecule has 0 amide bonds. The maximum absolute atomic E-state index is 6.53. The van der Waals surface area contributed by atoms with Crippen LogP contribution in [0.25, 0.3) is 11.2 Å². The number of H-pyrrole nitrogens is 1. The molecule has 3 aliphatic rings. The Morgan fingerprint density at radius 1 is 1.12 bits per heavy atom. The number of nitrogens with one attached hydrogen (secondary N) is 1. The summed E-state index contributed by atoms with van der Waals surface area (Å²) in [5.74, 6) is 1.99. The van der Waals surface area contributed by atoms with Gasteiger partial charge in [0.2, 0.25) is 0 Å². The van der Waals surface area contributed by atoms with E-state index in [9.17, 15) is 0 Å². The monoisotopic (exact) mass is 448 g/mol. The van der Waals surface area contributed by atoms with Crippen LogP contribution in [0.15, 0.2) is 30.9 Å². The largest absolute Gasteiger partial charge is 0.491 e. The number of fused-ring (bicyclic) bond motifs is 2. The number of aromatic nitrogens is 4. The van der Waals surface area contributed by atoms with Crippen molar-refractivity contribution in [2.24, 2.45) is 0 Å². The summed E-state index contributed by atoms with van der Waals surface area (Å²) < 4.78 is 12.1. The van der Waals surface area contributed by atoms with Crippen molar-refractivity contribution in [2.45, 2.75) is 56.7 Å². The molecule has 8 heteroatoms. The summed E-state index contributed by atoms with van der Waals surface area (Å²) in [7, 11) is 1.83. The highest BCUT2D eigenvalue weighted by Crippen LogP contribution is 2.34. The van der Waals surface area contributed by atoms with Crippen LogP contribution >= 0.6 is 0 Å². The highest BCUT2D eigenvalue weighted by atomic mass is 16.5. The lowest BCUT2D eigenvalue weighted by molar-refractivity contribution is 0.0988. The molecule has 3 aromatic rings. The number of hydrogen-bond donors (Lipinski definition) is 1. The van der Waals surface area contributed by atoms with E-state index in [1.807, 2.05) is 7.11 Å². The zero-order chi connectivity index (χ0) is 22.2. The van der Waals surface area contributed by atoms with Gasteiger partial charge in [-0.15, -0.1) is 0 Å². The molecule has 0 radical (unpaired) electrons. The third-order valence-electron chi connectivity index (χ3n) is 7.73. The summed E-state index contributed by atoms with van der Waals surface area (Å²) in [6.07, 6.45) is 10.5. The topological polar surface area (TPSA) is 79.4 Å². The van der Waals surface area contributed by atoms with E-state index in [1.54, 1.807) is 12.7 Å². The molecule has 8 nitrogen and oxygen atoms in total. The molecule has 4 heterocycles. The first-order valence-corrected chi connectivity index (χ1v) is 12.2. The van der Waals surface area contributed by atoms with Crippen LogP contribution in [0.4, 0.5) is 5.82 Å². The minimum Gasteiger partial charge on any atom is -0.491 e. The number of rotatable bonds is 6. The third kappa shape index (κ3) is 3.95. The molecular weight excluding hydrogens is 416 g/mol.